The van der Waals surface area contributed by atoms with Crippen molar-refractivity contribution in [2.45, 2.75) is 91.8 Å². The first kappa shape index (κ1) is 34.6. The number of hydrogen-bond donors (Lipinski definition) is 2. The van der Waals surface area contributed by atoms with E-state index in [-0.39, 0.29) is 38.2 Å². The van der Waals surface area contributed by atoms with Crippen LogP contribution in [0.1, 0.15) is 108 Å². The summed E-state index contributed by atoms with van der Waals surface area (Å²) in [6.45, 7) is 8.92. The minimum Gasteiger partial charge on any atom is -0.481 e. The Morgan fingerprint density at radius 2 is 1.63 bits per heavy atom. The van der Waals surface area contributed by atoms with Gasteiger partial charge in [-0.1, -0.05) is 70.5 Å². The van der Waals surface area contributed by atoms with Crippen LogP contribution in [0.3, 0.4) is 0 Å². The summed E-state index contributed by atoms with van der Waals surface area (Å²) >= 11 is 12.7. The second kappa shape index (κ2) is 14.7. The van der Waals surface area contributed by atoms with Gasteiger partial charge in [0, 0.05) is 27.7 Å². The number of carboxylic acids is 1. The van der Waals surface area contributed by atoms with Gasteiger partial charge in [-0.25, -0.2) is 0 Å². The lowest BCUT2D eigenvalue weighted by Gasteiger charge is -2.46. The van der Waals surface area contributed by atoms with E-state index in [1.165, 1.54) is 0 Å². The zero-order valence-corrected chi connectivity index (χ0v) is 26.3. The standard InChI is InChI=1S/C33H41Cl2N3O4.CH4/c1-20(2)5-10-28(23-6-8-24(9-7-23)31(41)36-16-13-29(39)40)38-32(42)30(25-17-26(34)19-27(35)18-25)37-33(38)14-11-22(12-15-33)21(3)4;/h6-9,17-22,28H,5,10-16H2,1-4H3,(H,36,41)(H,39,40);1H4/t22?,28-,33?;/m1./s1. The number of carbonyl (C=O) groups is 3. The minimum absolute atomic E-state index is 0. The molecule has 9 heteroatoms. The molecule has 7 nitrogen and oxygen atoms in total. The molecule has 2 aromatic carbocycles. The molecule has 0 radical (unpaired) electrons. The predicted molar refractivity (Wildman–Crippen MR) is 174 cm³/mol. The fourth-order valence-electron chi connectivity index (χ4n) is 6.22. The zero-order chi connectivity index (χ0) is 30.6. The highest BCUT2D eigenvalue weighted by molar-refractivity contribution is 6.47. The summed E-state index contributed by atoms with van der Waals surface area (Å²) in [5.41, 5.74) is 1.74. The summed E-state index contributed by atoms with van der Waals surface area (Å²) in [5.74, 6) is 0.164. The third-order valence-electron chi connectivity index (χ3n) is 8.61. The summed E-state index contributed by atoms with van der Waals surface area (Å²) in [7, 11) is 0. The van der Waals surface area contributed by atoms with Crippen LogP contribution >= 0.6 is 23.2 Å². The second-order valence-corrected chi connectivity index (χ2v) is 13.2. The maximum Gasteiger partial charge on any atom is 0.305 e. The molecule has 1 spiro atoms. The van der Waals surface area contributed by atoms with E-state index in [0.717, 1.165) is 44.1 Å². The lowest BCUT2D eigenvalue weighted by atomic mass is 9.75. The molecule has 234 valence electrons. The van der Waals surface area contributed by atoms with Crippen molar-refractivity contribution >= 4 is 46.7 Å². The summed E-state index contributed by atoms with van der Waals surface area (Å²) in [6, 6.07) is 12.2. The van der Waals surface area contributed by atoms with E-state index in [0.29, 0.717) is 44.6 Å². The van der Waals surface area contributed by atoms with Crippen LogP contribution in [0.4, 0.5) is 0 Å². The third-order valence-corrected chi connectivity index (χ3v) is 9.05. The molecule has 1 saturated carbocycles. The molecule has 43 heavy (non-hydrogen) atoms. The van der Waals surface area contributed by atoms with Crippen molar-refractivity contribution in [2.75, 3.05) is 6.54 Å². The van der Waals surface area contributed by atoms with Crippen LogP contribution in [-0.4, -0.2) is 45.7 Å². The number of amides is 2. The fraction of sp³-hybridized carbons (Fsp3) is 0.529. The summed E-state index contributed by atoms with van der Waals surface area (Å²) < 4.78 is 0. The number of nitrogens with zero attached hydrogens (tertiary/aromatic N) is 2. The molecular formula is C34H45Cl2N3O4. The van der Waals surface area contributed by atoms with E-state index in [1.54, 1.807) is 30.3 Å². The van der Waals surface area contributed by atoms with E-state index < -0.39 is 11.6 Å². The maximum atomic E-state index is 14.4. The zero-order valence-electron chi connectivity index (χ0n) is 24.8. The first-order valence-corrected chi connectivity index (χ1v) is 15.7. The molecule has 2 aromatic rings. The van der Waals surface area contributed by atoms with Crippen molar-refractivity contribution < 1.29 is 19.5 Å². The van der Waals surface area contributed by atoms with Gasteiger partial charge in [-0.2, -0.15) is 0 Å². The first-order chi connectivity index (χ1) is 19.9. The van der Waals surface area contributed by atoms with Crippen LogP contribution in [0, 0.1) is 17.8 Å². The van der Waals surface area contributed by atoms with Crippen molar-refractivity contribution in [2.24, 2.45) is 22.7 Å². The Kier molecular flexibility index (Phi) is 11.8. The SMILES string of the molecule is C.CC(C)CC[C@H](c1ccc(C(=O)NCCC(=O)O)cc1)N1C(=O)C(c2cc(Cl)cc(Cl)c2)=NC12CCC(C(C)C)CC2. The molecule has 2 N–H and O–H groups in total. The van der Waals surface area contributed by atoms with Gasteiger partial charge in [0.1, 0.15) is 11.4 Å². The first-order valence-electron chi connectivity index (χ1n) is 14.9. The summed E-state index contributed by atoms with van der Waals surface area (Å²) in [6.07, 6.45) is 5.06. The van der Waals surface area contributed by atoms with Gasteiger partial charge in [-0.3, -0.25) is 19.4 Å². The highest BCUT2D eigenvalue weighted by Gasteiger charge is 2.52. The smallest absolute Gasteiger partial charge is 0.305 e. The van der Waals surface area contributed by atoms with Crippen LogP contribution in [0.15, 0.2) is 47.5 Å². The van der Waals surface area contributed by atoms with E-state index in [9.17, 15) is 14.4 Å². The molecule has 1 heterocycles. The number of nitrogens with one attached hydrogen (secondary N) is 1. The highest BCUT2D eigenvalue weighted by atomic mass is 35.5. The lowest BCUT2D eigenvalue weighted by Crippen LogP contribution is -2.51. The Morgan fingerprint density at radius 1 is 1.02 bits per heavy atom. The number of benzene rings is 2. The average Bonchev–Trinajstić information content (AvgIpc) is 3.20. The maximum absolute atomic E-state index is 14.4. The van der Waals surface area contributed by atoms with Crippen molar-refractivity contribution in [3.05, 3.63) is 69.2 Å². The van der Waals surface area contributed by atoms with Gasteiger partial charge >= 0.3 is 5.97 Å². The number of carboxylic acid groups (broad SMARTS) is 1. The second-order valence-electron chi connectivity index (χ2n) is 12.4. The highest BCUT2D eigenvalue weighted by Crippen LogP contribution is 2.48. The molecule has 1 aliphatic carbocycles. The van der Waals surface area contributed by atoms with Crippen molar-refractivity contribution in [3.63, 3.8) is 0 Å². The van der Waals surface area contributed by atoms with Crippen molar-refractivity contribution in [1.29, 1.82) is 0 Å². The van der Waals surface area contributed by atoms with Crippen LogP contribution in [0.25, 0.3) is 0 Å². The number of aliphatic carboxylic acids is 1. The van der Waals surface area contributed by atoms with Crippen LogP contribution < -0.4 is 5.32 Å². The third kappa shape index (κ3) is 8.18. The van der Waals surface area contributed by atoms with Gasteiger partial charge in [0.15, 0.2) is 0 Å². The topological polar surface area (TPSA) is 99.1 Å². The Hall–Kier alpha value is -2.90. The van der Waals surface area contributed by atoms with Crippen LogP contribution in [0.5, 0.6) is 0 Å². The van der Waals surface area contributed by atoms with Gasteiger partial charge in [-0.15, -0.1) is 0 Å². The summed E-state index contributed by atoms with van der Waals surface area (Å²) in [4.78, 5) is 45.1. The van der Waals surface area contributed by atoms with Gasteiger partial charge in [0.2, 0.25) is 0 Å². The Bertz CT molecular complexity index is 1310. The van der Waals surface area contributed by atoms with Crippen LogP contribution in [0.2, 0.25) is 10.0 Å². The molecule has 2 aliphatic rings. The normalized spacial score (nSPS) is 20.7. The lowest BCUT2D eigenvalue weighted by molar-refractivity contribution is -0.137. The molecule has 0 bridgehead atoms. The monoisotopic (exact) mass is 629 g/mol. The van der Waals surface area contributed by atoms with Gasteiger partial charge < -0.3 is 15.3 Å². The largest absolute Gasteiger partial charge is 0.481 e. The average molecular weight is 631 g/mol. The van der Waals surface area contributed by atoms with Crippen molar-refractivity contribution in [1.82, 2.24) is 10.2 Å². The summed E-state index contributed by atoms with van der Waals surface area (Å²) in [5, 5.41) is 12.4. The fourth-order valence-corrected chi connectivity index (χ4v) is 6.75. The Morgan fingerprint density at radius 3 is 2.16 bits per heavy atom. The number of aliphatic imine (C=N–C) groups is 1. The van der Waals surface area contributed by atoms with Crippen LogP contribution in [-0.2, 0) is 9.59 Å². The molecule has 0 unspecified atom stereocenters. The molecule has 1 aliphatic heterocycles. The Balaban J connectivity index is 0.00000506. The van der Waals surface area contributed by atoms with Gasteiger partial charge in [0.25, 0.3) is 11.8 Å². The molecular weight excluding hydrogens is 585 g/mol. The molecule has 1 fully saturated rings. The number of rotatable bonds is 11. The Labute approximate surface area is 266 Å². The quantitative estimate of drug-likeness (QED) is 0.262. The van der Waals surface area contributed by atoms with E-state index in [2.05, 4.69) is 33.0 Å². The van der Waals surface area contributed by atoms with Crippen molar-refractivity contribution in [3.8, 4) is 0 Å². The number of halogens is 2. The number of carbonyl (C=O) groups excluding carboxylic acids is 2. The van der Waals surface area contributed by atoms with E-state index in [1.807, 2.05) is 17.0 Å². The predicted octanol–water partition coefficient (Wildman–Crippen LogP) is 8.19. The van der Waals surface area contributed by atoms with Gasteiger partial charge in [-0.05, 0) is 92.2 Å². The molecule has 2 amide bonds. The molecule has 0 saturated heterocycles. The molecule has 0 aromatic heterocycles. The number of hydrogen-bond acceptors (Lipinski definition) is 4. The minimum atomic E-state index is -0.966. The van der Waals surface area contributed by atoms with E-state index >= 15 is 0 Å². The molecule has 4 rings (SSSR count). The molecule has 1 atom stereocenters. The van der Waals surface area contributed by atoms with Gasteiger partial charge in [0.05, 0.1) is 12.5 Å². The van der Waals surface area contributed by atoms with E-state index in [4.69, 9.17) is 33.3 Å².